The maximum Gasteiger partial charge on any atom is 0.0298 e. The van der Waals surface area contributed by atoms with Crippen LogP contribution in [0.25, 0.3) is 10.8 Å². The molecule has 180 valence electrons. The van der Waals surface area contributed by atoms with Gasteiger partial charge in [-0.3, -0.25) is 0 Å². The number of piperidine rings is 1. The van der Waals surface area contributed by atoms with Gasteiger partial charge in [0.15, 0.2) is 0 Å². The lowest BCUT2D eigenvalue weighted by atomic mass is 9.80. The van der Waals surface area contributed by atoms with E-state index in [4.69, 9.17) is 0 Å². The topological polar surface area (TPSA) is 15.3 Å². The van der Waals surface area contributed by atoms with Gasteiger partial charge in [0, 0.05) is 18.5 Å². The summed E-state index contributed by atoms with van der Waals surface area (Å²) >= 11 is 0. The molecule has 0 aromatic heterocycles. The van der Waals surface area contributed by atoms with Crippen LogP contribution in [0, 0.1) is 5.92 Å². The molecule has 2 nitrogen and oxygen atoms in total. The second-order valence-electron chi connectivity index (χ2n) is 10.2. The van der Waals surface area contributed by atoms with Crippen molar-refractivity contribution in [3.05, 3.63) is 120 Å². The SMILES string of the molecule is C[C@@H](NCC1CCN(CCCc2ccccc2)CC1c1ccccc1)c1cccc2ccccc12. The molecule has 0 bridgehead atoms. The number of nitrogens with zero attached hydrogens (tertiary/aromatic N) is 1. The van der Waals surface area contributed by atoms with Gasteiger partial charge in [-0.25, -0.2) is 0 Å². The van der Waals surface area contributed by atoms with Gasteiger partial charge in [-0.1, -0.05) is 103 Å². The van der Waals surface area contributed by atoms with Crippen molar-refractivity contribution in [2.75, 3.05) is 26.2 Å². The molecule has 1 aliphatic rings. The zero-order valence-corrected chi connectivity index (χ0v) is 20.9. The zero-order valence-electron chi connectivity index (χ0n) is 20.9. The molecule has 0 amide bonds. The minimum absolute atomic E-state index is 0.335. The normalized spacial score (nSPS) is 19.6. The Kier molecular flexibility index (Phi) is 7.92. The average molecular weight is 463 g/mol. The highest BCUT2D eigenvalue weighted by Crippen LogP contribution is 2.33. The Labute approximate surface area is 211 Å². The molecule has 0 aliphatic carbocycles. The number of likely N-dealkylation sites (tertiary alicyclic amines) is 1. The van der Waals surface area contributed by atoms with Gasteiger partial charge in [-0.15, -0.1) is 0 Å². The van der Waals surface area contributed by atoms with Gasteiger partial charge in [0.05, 0.1) is 0 Å². The molecule has 1 N–H and O–H groups in total. The Balaban J connectivity index is 1.23. The summed E-state index contributed by atoms with van der Waals surface area (Å²) in [5.74, 6) is 1.23. The van der Waals surface area contributed by atoms with Crippen molar-refractivity contribution < 1.29 is 0 Å². The molecule has 1 heterocycles. The first kappa shape index (κ1) is 23.8. The van der Waals surface area contributed by atoms with Gasteiger partial charge < -0.3 is 10.2 Å². The second kappa shape index (κ2) is 11.7. The van der Waals surface area contributed by atoms with Gasteiger partial charge in [-0.2, -0.15) is 0 Å². The van der Waals surface area contributed by atoms with Crippen LogP contribution in [0.15, 0.2) is 103 Å². The number of hydrogen-bond donors (Lipinski definition) is 1. The lowest BCUT2D eigenvalue weighted by molar-refractivity contribution is 0.153. The molecule has 4 aromatic rings. The number of benzene rings is 4. The molecular formula is C33H38N2. The standard InChI is InChI=1S/C33H38N2/c1-26(31-20-10-18-28-17-8-9-19-32(28)31)34-24-30-21-23-35(22-11-14-27-12-4-2-5-13-27)25-33(30)29-15-6-3-7-16-29/h2-10,12-13,15-20,26,30,33-34H,11,14,21-25H2,1H3/t26-,30?,33?/m1/s1. The Morgan fingerprint density at radius 1 is 0.829 bits per heavy atom. The highest BCUT2D eigenvalue weighted by atomic mass is 15.1. The largest absolute Gasteiger partial charge is 0.310 e. The number of aryl methyl sites for hydroxylation is 1. The molecular weight excluding hydrogens is 424 g/mol. The van der Waals surface area contributed by atoms with Gasteiger partial charge >= 0.3 is 0 Å². The van der Waals surface area contributed by atoms with E-state index in [2.05, 4.69) is 120 Å². The third kappa shape index (κ3) is 6.01. The zero-order chi connectivity index (χ0) is 23.9. The maximum absolute atomic E-state index is 3.92. The first-order chi connectivity index (χ1) is 17.3. The van der Waals surface area contributed by atoms with Crippen LogP contribution in [0.4, 0.5) is 0 Å². The molecule has 4 aromatic carbocycles. The van der Waals surface area contributed by atoms with E-state index in [9.17, 15) is 0 Å². The van der Waals surface area contributed by atoms with Crippen LogP contribution < -0.4 is 5.32 Å². The molecule has 3 atom stereocenters. The van der Waals surface area contributed by atoms with Gasteiger partial charge in [-0.05, 0) is 79.2 Å². The number of rotatable bonds is 9. The highest BCUT2D eigenvalue weighted by Gasteiger charge is 2.30. The number of fused-ring (bicyclic) bond motifs is 1. The lowest BCUT2D eigenvalue weighted by Gasteiger charge is -2.39. The Bertz CT molecular complexity index is 1180. The van der Waals surface area contributed by atoms with Crippen molar-refractivity contribution in [1.29, 1.82) is 0 Å². The van der Waals surface area contributed by atoms with E-state index in [1.54, 1.807) is 0 Å². The molecule has 1 fully saturated rings. The molecule has 0 spiro atoms. The molecule has 1 saturated heterocycles. The summed E-state index contributed by atoms with van der Waals surface area (Å²) in [6.45, 7) is 6.92. The van der Waals surface area contributed by atoms with E-state index < -0.39 is 0 Å². The van der Waals surface area contributed by atoms with E-state index in [0.29, 0.717) is 17.9 Å². The van der Waals surface area contributed by atoms with Gasteiger partial charge in [0.2, 0.25) is 0 Å². The first-order valence-electron chi connectivity index (χ1n) is 13.3. The van der Waals surface area contributed by atoms with Crippen molar-refractivity contribution >= 4 is 10.8 Å². The van der Waals surface area contributed by atoms with E-state index >= 15 is 0 Å². The maximum atomic E-state index is 3.92. The minimum Gasteiger partial charge on any atom is -0.310 e. The van der Waals surface area contributed by atoms with Crippen molar-refractivity contribution in [3.8, 4) is 0 Å². The summed E-state index contributed by atoms with van der Waals surface area (Å²) in [7, 11) is 0. The van der Waals surface area contributed by atoms with E-state index in [-0.39, 0.29) is 0 Å². The predicted molar refractivity (Wildman–Crippen MR) is 149 cm³/mol. The predicted octanol–water partition coefficient (Wildman–Crippen LogP) is 7.23. The summed E-state index contributed by atoms with van der Waals surface area (Å²) in [5.41, 5.74) is 4.34. The average Bonchev–Trinajstić information content (AvgIpc) is 2.93. The van der Waals surface area contributed by atoms with Gasteiger partial charge in [0.25, 0.3) is 0 Å². The van der Waals surface area contributed by atoms with E-state index in [1.165, 1.54) is 59.8 Å². The van der Waals surface area contributed by atoms with E-state index in [0.717, 1.165) is 13.1 Å². The Morgan fingerprint density at radius 3 is 2.37 bits per heavy atom. The van der Waals surface area contributed by atoms with E-state index in [1.807, 2.05) is 0 Å². The van der Waals surface area contributed by atoms with Gasteiger partial charge in [0.1, 0.15) is 0 Å². The van der Waals surface area contributed by atoms with Crippen LogP contribution in [-0.4, -0.2) is 31.1 Å². The van der Waals surface area contributed by atoms with Crippen molar-refractivity contribution in [2.45, 2.75) is 38.1 Å². The van der Waals surface area contributed by atoms with Crippen LogP contribution in [0.2, 0.25) is 0 Å². The van der Waals surface area contributed by atoms with Crippen molar-refractivity contribution in [3.63, 3.8) is 0 Å². The molecule has 0 radical (unpaired) electrons. The molecule has 0 saturated carbocycles. The smallest absolute Gasteiger partial charge is 0.0298 e. The fourth-order valence-electron chi connectivity index (χ4n) is 5.81. The summed E-state index contributed by atoms with van der Waals surface area (Å²) in [6, 6.07) is 37.9. The molecule has 2 unspecified atom stereocenters. The monoisotopic (exact) mass is 462 g/mol. The Morgan fingerprint density at radius 2 is 1.54 bits per heavy atom. The lowest BCUT2D eigenvalue weighted by Crippen LogP contribution is -2.43. The molecule has 35 heavy (non-hydrogen) atoms. The summed E-state index contributed by atoms with van der Waals surface area (Å²) in [4.78, 5) is 2.70. The third-order valence-electron chi connectivity index (χ3n) is 7.83. The second-order valence-corrected chi connectivity index (χ2v) is 10.2. The fraction of sp³-hybridized carbons (Fsp3) is 0.333. The van der Waals surface area contributed by atoms with Crippen LogP contribution in [0.1, 0.15) is 48.4 Å². The molecule has 1 aliphatic heterocycles. The summed E-state index contributed by atoms with van der Waals surface area (Å²) in [6.07, 6.45) is 3.65. The Hall–Kier alpha value is -2.94. The third-order valence-corrected chi connectivity index (χ3v) is 7.83. The van der Waals surface area contributed by atoms with Crippen LogP contribution >= 0.6 is 0 Å². The molecule has 2 heteroatoms. The number of nitrogens with one attached hydrogen (secondary N) is 1. The molecule has 5 rings (SSSR count). The quantitative estimate of drug-likeness (QED) is 0.282. The first-order valence-corrected chi connectivity index (χ1v) is 13.3. The van der Waals surface area contributed by atoms with Crippen LogP contribution in [0.5, 0.6) is 0 Å². The fourth-order valence-corrected chi connectivity index (χ4v) is 5.81. The minimum atomic E-state index is 0.335. The van der Waals surface area contributed by atoms with Crippen molar-refractivity contribution in [1.82, 2.24) is 10.2 Å². The van der Waals surface area contributed by atoms with Crippen molar-refractivity contribution in [2.24, 2.45) is 5.92 Å². The summed E-state index contributed by atoms with van der Waals surface area (Å²) in [5, 5.41) is 6.61. The highest BCUT2D eigenvalue weighted by molar-refractivity contribution is 5.86. The van der Waals surface area contributed by atoms with Crippen LogP contribution in [-0.2, 0) is 6.42 Å². The van der Waals surface area contributed by atoms with Crippen LogP contribution in [0.3, 0.4) is 0 Å². The number of hydrogen-bond acceptors (Lipinski definition) is 2. The summed E-state index contributed by atoms with van der Waals surface area (Å²) < 4.78 is 0.